The number of hydrogen-bond donors (Lipinski definition) is 3. The first kappa shape index (κ1) is 15.8. The van der Waals surface area contributed by atoms with Crippen LogP contribution in [-0.4, -0.2) is 47.6 Å². The van der Waals surface area contributed by atoms with Crippen molar-refractivity contribution >= 4 is 22.8 Å². The molecular formula is C15H20F2N6. The van der Waals surface area contributed by atoms with E-state index in [9.17, 15) is 8.78 Å². The summed E-state index contributed by atoms with van der Waals surface area (Å²) in [5.41, 5.74) is 2.44. The van der Waals surface area contributed by atoms with Crippen LogP contribution in [0.15, 0.2) is 6.07 Å². The van der Waals surface area contributed by atoms with Crippen molar-refractivity contribution in [2.75, 3.05) is 30.8 Å². The molecule has 6 nitrogen and oxygen atoms in total. The molecule has 0 aromatic carbocycles. The zero-order valence-corrected chi connectivity index (χ0v) is 13.3. The summed E-state index contributed by atoms with van der Waals surface area (Å²) in [6, 6.07) is 1.57. The predicted molar refractivity (Wildman–Crippen MR) is 86.1 cm³/mol. The number of aromatic nitrogens is 3. The summed E-state index contributed by atoms with van der Waals surface area (Å²) in [5.74, 6) is 0.209. The Morgan fingerprint density at radius 2 is 2.00 bits per heavy atom. The Kier molecular flexibility index (Phi) is 4.25. The number of nitrogens with zero attached hydrogens (tertiary/aromatic N) is 3. The van der Waals surface area contributed by atoms with E-state index in [2.05, 4.69) is 30.9 Å². The first-order chi connectivity index (χ1) is 11.0. The minimum Gasteiger partial charge on any atom is -0.372 e. The van der Waals surface area contributed by atoms with Crippen molar-refractivity contribution in [3.63, 3.8) is 0 Å². The molecule has 23 heavy (non-hydrogen) atoms. The van der Waals surface area contributed by atoms with Crippen molar-refractivity contribution in [2.24, 2.45) is 5.92 Å². The monoisotopic (exact) mass is 322 g/mol. The molecule has 0 unspecified atom stereocenters. The molecule has 0 bridgehead atoms. The van der Waals surface area contributed by atoms with Gasteiger partial charge >= 0.3 is 0 Å². The van der Waals surface area contributed by atoms with Crippen molar-refractivity contribution in [3.05, 3.63) is 17.3 Å². The molecule has 0 aliphatic carbocycles. The summed E-state index contributed by atoms with van der Waals surface area (Å²) in [5, 5.41) is 9.89. The standard InChI is InChI=1S/C15H20F2N6/c1-7-4-8(2)20-14-11(7)13(18-3)22-15(23-14)21-10-6-19-5-9(10)12(16)17/h4,9-10,12,19H,5-6H2,1-3H3,(H2,18,20,21,22,23)/t9-,10-/m1/s1. The Morgan fingerprint density at radius 1 is 1.22 bits per heavy atom. The zero-order chi connectivity index (χ0) is 16.6. The highest BCUT2D eigenvalue weighted by Crippen LogP contribution is 2.26. The number of halogens is 2. The fraction of sp³-hybridized carbons (Fsp3) is 0.533. The van der Waals surface area contributed by atoms with Gasteiger partial charge in [0.2, 0.25) is 12.4 Å². The highest BCUT2D eigenvalue weighted by Gasteiger charge is 2.34. The second-order valence-electron chi connectivity index (χ2n) is 5.83. The SMILES string of the molecule is CNc1nc(N[C@@H]2CNC[C@H]2C(F)F)nc2nc(C)cc(C)c12. The Labute approximate surface area is 133 Å². The van der Waals surface area contributed by atoms with Gasteiger partial charge in [0.05, 0.1) is 17.3 Å². The minimum absolute atomic E-state index is 0.290. The van der Waals surface area contributed by atoms with Gasteiger partial charge in [-0.1, -0.05) is 0 Å². The van der Waals surface area contributed by atoms with E-state index < -0.39 is 18.4 Å². The molecule has 3 N–H and O–H groups in total. The van der Waals surface area contributed by atoms with E-state index in [-0.39, 0.29) is 6.54 Å². The minimum atomic E-state index is -2.38. The first-order valence-corrected chi connectivity index (χ1v) is 7.58. The number of fused-ring (bicyclic) bond motifs is 1. The molecule has 0 radical (unpaired) electrons. The highest BCUT2D eigenvalue weighted by molar-refractivity contribution is 5.90. The Morgan fingerprint density at radius 3 is 2.70 bits per heavy atom. The number of aryl methyl sites for hydroxylation is 2. The number of pyridine rings is 1. The van der Waals surface area contributed by atoms with Crippen LogP contribution in [0.2, 0.25) is 0 Å². The third kappa shape index (κ3) is 3.03. The van der Waals surface area contributed by atoms with Crippen molar-refractivity contribution in [3.8, 4) is 0 Å². The summed E-state index contributed by atoms with van der Waals surface area (Å²) in [6.45, 7) is 4.63. The van der Waals surface area contributed by atoms with Gasteiger partial charge in [0.25, 0.3) is 0 Å². The summed E-state index contributed by atoms with van der Waals surface area (Å²) in [4.78, 5) is 13.3. The molecule has 1 saturated heterocycles. The number of nitrogens with one attached hydrogen (secondary N) is 3. The Bertz CT molecular complexity index is 721. The van der Waals surface area contributed by atoms with Crippen LogP contribution in [0.25, 0.3) is 11.0 Å². The summed E-state index contributed by atoms with van der Waals surface area (Å²) < 4.78 is 26.1. The fourth-order valence-corrected chi connectivity index (χ4v) is 3.01. The Hall–Kier alpha value is -2.09. The molecule has 2 aromatic rings. The molecule has 0 saturated carbocycles. The maximum absolute atomic E-state index is 13.1. The van der Waals surface area contributed by atoms with Gasteiger partial charge in [-0.2, -0.15) is 9.97 Å². The van der Waals surface area contributed by atoms with Gasteiger partial charge in [-0.15, -0.1) is 0 Å². The maximum atomic E-state index is 13.1. The van der Waals surface area contributed by atoms with E-state index in [1.807, 2.05) is 19.9 Å². The van der Waals surface area contributed by atoms with Crippen LogP contribution in [-0.2, 0) is 0 Å². The summed E-state index contributed by atoms with van der Waals surface area (Å²) in [6.07, 6.45) is -2.38. The average molecular weight is 322 g/mol. The summed E-state index contributed by atoms with van der Waals surface area (Å²) >= 11 is 0. The topological polar surface area (TPSA) is 74.8 Å². The van der Waals surface area contributed by atoms with Crippen LogP contribution in [0.3, 0.4) is 0 Å². The average Bonchev–Trinajstić information content (AvgIpc) is 2.94. The lowest BCUT2D eigenvalue weighted by molar-refractivity contribution is 0.0825. The van der Waals surface area contributed by atoms with Crippen LogP contribution in [0.5, 0.6) is 0 Å². The van der Waals surface area contributed by atoms with Crippen LogP contribution in [0.1, 0.15) is 11.3 Å². The van der Waals surface area contributed by atoms with E-state index in [0.717, 1.165) is 16.6 Å². The van der Waals surface area contributed by atoms with E-state index in [1.165, 1.54) is 0 Å². The van der Waals surface area contributed by atoms with E-state index in [4.69, 9.17) is 0 Å². The van der Waals surface area contributed by atoms with Gasteiger partial charge in [0, 0.05) is 25.8 Å². The lowest BCUT2D eigenvalue weighted by Crippen LogP contribution is -2.33. The van der Waals surface area contributed by atoms with E-state index in [1.54, 1.807) is 7.05 Å². The molecule has 2 aromatic heterocycles. The molecule has 1 fully saturated rings. The molecule has 2 atom stereocenters. The molecule has 124 valence electrons. The van der Waals surface area contributed by atoms with Gasteiger partial charge in [-0.3, -0.25) is 0 Å². The maximum Gasteiger partial charge on any atom is 0.244 e. The van der Waals surface area contributed by atoms with Gasteiger partial charge in [0.15, 0.2) is 5.65 Å². The molecule has 8 heteroatoms. The number of alkyl halides is 2. The van der Waals surface area contributed by atoms with Crippen LogP contribution >= 0.6 is 0 Å². The quantitative estimate of drug-likeness (QED) is 0.799. The van der Waals surface area contributed by atoms with Crippen LogP contribution in [0.4, 0.5) is 20.5 Å². The number of hydrogen-bond acceptors (Lipinski definition) is 6. The van der Waals surface area contributed by atoms with Gasteiger partial charge in [-0.05, 0) is 25.5 Å². The molecule has 1 aliphatic heterocycles. The third-order valence-electron chi connectivity index (χ3n) is 4.13. The predicted octanol–water partition coefficient (Wildman–Crippen LogP) is 1.95. The molecule has 0 amide bonds. The van der Waals surface area contributed by atoms with Gasteiger partial charge in [-0.25, -0.2) is 13.8 Å². The number of rotatable bonds is 4. The van der Waals surface area contributed by atoms with Crippen molar-refractivity contribution < 1.29 is 8.78 Å². The normalized spacial score (nSPS) is 21.1. The zero-order valence-electron chi connectivity index (χ0n) is 13.3. The lowest BCUT2D eigenvalue weighted by Gasteiger charge is -2.20. The number of anilines is 2. The van der Waals surface area contributed by atoms with Crippen molar-refractivity contribution in [1.82, 2.24) is 20.3 Å². The van der Waals surface area contributed by atoms with Gasteiger partial charge in [0.1, 0.15) is 5.82 Å². The highest BCUT2D eigenvalue weighted by atomic mass is 19.3. The van der Waals surface area contributed by atoms with E-state index >= 15 is 0 Å². The van der Waals surface area contributed by atoms with Crippen LogP contribution in [0, 0.1) is 19.8 Å². The third-order valence-corrected chi connectivity index (χ3v) is 4.13. The molecular weight excluding hydrogens is 302 g/mol. The second kappa shape index (κ2) is 6.19. The molecule has 3 rings (SSSR count). The van der Waals surface area contributed by atoms with E-state index in [0.29, 0.717) is 24.0 Å². The lowest BCUT2D eigenvalue weighted by atomic mass is 10.1. The van der Waals surface area contributed by atoms with Crippen LogP contribution < -0.4 is 16.0 Å². The first-order valence-electron chi connectivity index (χ1n) is 7.58. The largest absolute Gasteiger partial charge is 0.372 e. The molecule has 0 spiro atoms. The molecule has 3 heterocycles. The smallest absolute Gasteiger partial charge is 0.244 e. The summed E-state index contributed by atoms with van der Waals surface area (Å²) in [7, 11) is 1.77. The van der Waals surface area contributed by atoms with Gasteiger partial charge < -0.3 is 16.0 Å². The fourth-order valence-electron chi connectivity index (χ4n) is 3.01. The second-order valence-corrected chi connectivity index (χ2v) is 5.83. The Balaban J connectivity index is 1.98. The van der Waals surface area contributed by atoms with Crippen molar-refractivity contribution in [2.45, 2.75) is 26.3 Å². The van der Waals surface area contributed by atoms with Crippen molar-refractivity contribution in [1.29, 1.82) is 0 Å². The molecule has 1 aliphatic rings.